The lowest BCUT2D eigenvalue weighted by atomic mass is 9.99. The first kappa shape index (κ1) is 21.4. The number of aliphatic imine (C=N–C) groups is 1. The summed E-state index contributed by atoms with van der Waals surface area (Å²) in [6, 6.07) is 17.1. The van der Waals surface area contributed by atoms with E-state index < -0.39 is 0 Å². The van der Waals surface area contributed by atoms with Crippen molar-refractivity contribution in [2.45, 2.75) is 32.7 Å². The van der Waals surface area contributed by atoms with Crippen LogP contribution in [0.4, 0.5) is 5.69 Å². The molecule has 0 bridgehead atoms. The van der Waals surface area contributed by atoms with Gasteiger partial charge in [-0.05, 0) is 65.9 Å². The van der Waals surface area contributed by atoms with Crippen molar-refractivity contribution in [1.82, 2.24) is 10.3 Å². The molecule has 1 atom stereocenters. The fourth-order valence-electron chi connectivity index (χ4n) is 3.25. The molecule has 1 aliphatic rings. The van der Waals surface area contributed by atoms with Crippen molar-refractivity contribution >= 4 is 17.6 Å². The summed E-state index contributed by atoms with van der Waals surface area (Å²) in [6.45, 7) is 4.94. The molecule has 1 amide bonds. The molecule has 32 heavy (non-hydrogen) atoms. The number of carbonyl (C=O) groups is 1. The highest BCUT2D eigenvalue weighted by Gasteiger charge is 2.17. The highest BCUT2D eigenvalue weighted by Crippen LogP contribution is 2.32. The van der Waals surface area contributed by atoms with Crippen LogP contribution >= 0.6 is 0 Å². The number of pyridine rings is 1. The summed E-state index contributed by atoms with van der Waals surface area (Å²) in [5, 5.41) is 6.11. The van der Waals surface area contributed by atoms with Gasteiger partial charge in [0.2, 0.25) is 12.8 Å². The molecule has 3 aromatic rings. The molecular formula is C25H26N4O3. The summed E-state index contributed by atoms with van der Waals surface area (Å²) < 4.78 is 10.7. The number of benzene rings is 2. The van der Waals surface area contributed by atoms with Gasteiger partial charge in [-0.1, -0.05) is 26.0 Å². The first-order valence-corrected chi connectivity index (χ1v) is 10.6. The maximum absolute atomic E-state index is 12.9. The van der Waals surface area contributed by atoms with Crippen molar-refractivity contribution in [3.8, 4) is 11.5 Å². The zero-order valence-electron chi connectivity index (χ0n) is 18.2. The molecule has 2 aromatic carbocycles. The van der Waals surface area contributed by atoms with Gasteiger partial charge < -0.3 is 14.8 Å². The number of anilines is 1. The average Bonchev–Trinajstić information content (AvgIpc) is 3.31. The van der Waals surface area contributed by atoms with Crippen LogP contribution in [0.3, 0.4) is 0 Å². The van der Waals surface area contributed by atoms with E-state index in [0.29, 0.717) is 35.5 Å². The lowest BCUT2D eigenvalue weighted by Crippen LogP contribution is -2.36. The molecule has 164 valence electrons. The van der Waals surface area contributed by atoms with Gasteiger partial charge in [-0.3, -0.25) is 15.1 Å². The largest absolute Gasteiger partial charge is 0.454 e. The average molecular weight is 431 g/mol. The number of nitrogens with one attached hydrogen (secondary N) is 2. The Morgan fingerprint density at radius 1 is 1.06 bits per heavy atom. The van der Waals surface area contributed by atoms with Crippen molar-refractivity contribution in [2.75, 3.05) is 12.1 Å². The molecule has 7 heteroatoms. The minimum absolute atomic E-state index is 0.160. The third-order valence-corrected chi connectivity index (χ3v) is 5.39. The van der Waals surface area contributed by atoms with E-state index in [4.69, 9.17) is 9.47 Å². The summed E-state index contributed by atoms with van der Waals surface area (Å²) in [7, 11) is 0. The molecule has 7 nitrogen and oxygen atoms in total. The van der Waals surface area contributed by atoms with Gasteiger partial charge in [0.05, 0.1) is 6.54 Å². The van der Waals surface area contributed by atoms with Crippen LogP contribution in [0.5, 0.6) is 11.5 Å². The second-order valence-electron chi connectivity index (χ2n) is 7.60. The van der Waals surface area contributed by atoms with Crippen molar-refractivity contribution in [2.24, 2.45) is 4.99 Å². The minimum Gasteiger partial charge on any atom is -0.454 e. The number of hydrogen-bond acceptors (Lipinski definition) is 5. The van der Waals surface area contributed by atoms with Gasteiger partial charge in [-0.15, -0.1) is 0 Å². The van der Waals surface area contributed by atoms with Gasteiger partial charge in [0.1, 0.15) is 0 Å². The van der Waals surface area contributed by atoms with Crippen LogP contribution in [0.1, 0.15) is 47.7 Å². The molecule has 1 aromatic heterocycles. The molecule has 2 N–H and O–H groups in total. The van der Waals surface area contributed by atoms with Crippen LogP contribution in [-0.2, 0) is 6.54 Å². The number of guanidine groups is 1. The standard InChI is InChI=1S/C25H26N4O3/c1-3-17(2)19-4-7-21(8-5-19)28-25(27-15-18-10-12-26-13-11-18)29-24(30)20-6-9-22-23(14-20)32-16-31-22/h4-14,17H,3,15-16H2,1-2H3,(H2,27,28,29,30). The smallest absolute Gasteiger partial charge is 0.258 e. The number of amides is 1. The Bertz CT molecular complexity index is 1100. The predicted molar refractivity (Wildman–Crippen MR) is 124 cm³/mol. The fourth-order valence-corrected chi connectivity index (χ4v) is 3.25. The Hall–Kier alpha value is -3.87. The van der Waals surface area contributed by atoms with Crippen molar-refractivity contribution < 1.29 is 14.3 Å². The van der Waals surface area contributed by atoms with Crippen LogP contribution in [-0.4, -0.2) is 23.6 Å². The van der Waals surface area contributed by atoms with Gasteiger partial charge in [0, 0.05) is 23.6 Å². The lowest BCUT2D eigenvalue weighted by Gasteiger charge is -2.14. The molecule has 2 heterocycles. The highest BCUT2D eigenvalue weighted by molar-refractivity contribution is 6.10. The van der Waals surface area contributed by atoms with Crippen molar-refractivity contribution in [3.05, 3.63) is 83.7 Å². The van der Waals surface area contributed by atoms with E-state index in [1.54, 1.807) is 30.6 Å². The predicted octanol–water partition coefficient (Wildman–Crippen LogP) is 4.72. The van der Waals surface area contributed by atoms with E-state index in [1.807, 2.05) is 24.3 Å². The maximum atomic E-state index is 12.9. The number of aromatic nitrogens is 1. The molecule has 1 aliphatic heterocycles. The molecule has 0 saturated carbocycles. The molecule has 1 unspecified atom stereocenters. The van der Waals surface area contributed by atoms with Crippen LogP contribution in [0, 0.1) is 0 Å². The summed E-state index contributed by atoms with van der Waals surface area (Å²) in [5.41, 5.74) is 3.57. The van der Waals surface area contributed by atoms with Crippen LogP contribution < -0.4 is 20.1 Å². The molecule has 0 saturated heterocycles. The Kier molecular flexibility index (Phi) is 6.65. The van der Waals surface area contributed by atoms with Gasteiger partial charge >= 0.3 is 0 Å². The van der Waals surface area contributed by atoms with E-state index in [-0.39, 0.29) is 12.7 Å². The topological polar surface area (TPSA) is 84.8 Å². The molecule has 0 fully saturated rings. The minimum atomic E-state index is -0.291. The van der Waals surface area contributed by atoms with Crippen LogP contribution in [0.2, 0.25) is 0 Å². The Morgan fingerprint density at radius 3 is 2.56 bits per heavy atom. The van der Waals surface area contributed by atoms with E-state index in [9.17, 15) is 4.79 Å². The van der Waals surface area contributed by atoms with E-state index in [0.717, 1.165) is 17.7 Å². The van der Waals surface area contributed by atoms with Crippen molar-refractivity contribution in [1.29, 1.82) is 0 Å². The normalized spacial score (nSPS) is 13.5. The second kappa shape index (κ2) is 9.96. The van der Waals surface area contributed by atoms with Crippen molar-refractivity contribution in [3.63, 3.8) is 0 Å². The molecule has 0 radical (unpaired) electrons. The monoisotopic (exact) mass is 430 g/mol. The SMILES string of the molecule is CCC(C)c1ccc(NC(=NCc2ccncc2)NC(=O)c2ccc3c(c2)OCO3)cc1. The number of nitrogens with zero attached hydrogens (tertiary/aromatic N) is 2. The first-order chi connectivity index (χ1) is 15.6. The Balaban J connectivity index is 1.52. The van der Waals surface area contributed by atoms with Gasteiger partial charge in [0.15, 0.2) is 11.5 Å². The maximum Gasteiger partial charge on any atom is 0.258 e. The number of ether oxygens (including phenoxy) is 2. The molecular weight excluding hydrogens is 404 g/mol. The van der Waals surface area contributed by atoms with E-state index in [1.165, 1.54) is 5.56 Å². The number of rotatable bonds is 6. The Labute approximate surface area is 187 Å². The van der Waals surface area contributed by atoms with Gasteiger partial charge in [-0.25, -0.2) is 4.99 Å². The summed E-state index contributed by atoms with van der Waals surface area (Å²) in [5.74, 6) is 1.75. The summed E-state index contributed by atoms with van der Waals surface area (Å²) in [4.78, 5) is 21.5. The quantitative estimate of drug-likeness (QED) is 0.437. The summed E-state index contributed by atoms with van der Waals surface area (Å²) >= 11 is 0. The van der Waals surface area contributed by atoms with Gasteiger partial charge in [0.25, 0.3) is 5.91 Å². The highest BCUT2D eigenvalue weighted by atomic mass is 16.7. The fraction of sp³-hybridized carbons (Fsp3) is 0.240. The first-order valence-electron chi connectivity index (χ1n) is 10.6. The zero-order chi connectivity index (χ0) is 22.3. The Morgan fingerprint density at radius 2 is 1.81 bits per heavy atom. The molecule has 0 aliphatic carbocycles. The molecule has 0 spiro atoms. The number of fused-ring (bicyclic) bond motifs is 1. The van der Waals surface area contributed by atoms with Gasteiger partial charge in [-0.2, -0.15) is 0 Å². The van der Waals surface area contributed by atoms with E-state index >= 15 is 0 Å². The lowest BCUT2D eigenvalue weighted by molar-refractivity contribution is 0.0976. The third kappa shape index (κ3) is 5.24. The number of hydrogen-bond donors (Lipinski definition) is 2. The zero-order valence-corrected chi connectivity index (χ0v) is 18.2. The summed E-state index contributed by atoms with van der Waals surface area (Å²) in [6.07, 6.45) is 4.52. The molecule has 4 rings (SSSR count). The van der Waals surface area contributed by atoms with Crippen LogP contribution in [0.15, 0.2) is 72.0 Å². The number of carbonyl (C=O) groups excluding carboxylic acids is 1. The third-order valence-electron chi connectivity index (χ3n) is 5.39. The second-order valence-corrected chi connectivity index (χ2v) is 7.60. The van der Waals surface area contributed by atoms with Crippen LogP contribution in [0.25, 0.3) is 0 Å². The van der Waals surface area contributed by atoms with E-state index in [2.05, 4.69) is 46.6 Å².